The topological polar surface area (TPSA) is 26.1 Å². The van der Waals surface area contributed by atoms with E-state index in [4.69, 9.17) is 0 Å². The molecule has 0 bridgehead atoms. The standard InChI is InChI=1S/C5H11N2/c1-3-5-7-6-4-2/h3,7H,1,4-5H2,2H3. The first-order chi connectivity index (χ1) is 3.41. The summed E-state index contributed by atoms with van der Waals surface area (Å²) in [5.74, 6) is 0. The summed E-state index contributed by atoms with van der Waals surface area (Å²) in [5.41, 5.74) is 6.63. The van der Waals surface area contributed by atoms with Crippen molar-refractivity contribution in [3.05, 3.63) is 12.7 Å². The van der Waals surface area contributed by atoms with Crippen LogP contribution in [0.1, 0.15) is 6.92 Å². The molecule has 0 atom stereocenters. The van der Waals surface area contributed by atoms with Crippen molar-refractivity contribution in [3.8, 4) is 0 Å². The fourth-order valence-electron chi connectivity index (χ4n) is 0.241. The third-order valence-electron chi connectivity index (χ3n) is 0.506. The van der Waals surface area contributed by atoms with Crippen molar-refractivity contribution in [1.29, 1.82) is 0 Å². The molecule has 0 aliphatic heterocycles. The second-order valence-corrected chi connectivity index (χ2v) is 1.13. The van der Waals surface area contributed by atoms with Crippen molar-refractivity contribution in [2.75, 3.05) is 13.1 Å². The average molecular weight is 99.2 g/mol. The van der Waals surface area contributed by atoms with Crippen molar-refractivity contribution < 1.29 is 0 Å². The van der Waals surface area contributed by atoms with Gasteiger partial charge in [-0.3, -0.25) is 0 Å². The maximum atomic E-state index is 3.84. The van der Waals surface area contributed by atoms with Gasteiger partial charge in [0.25, 0.3) is 0 Å². The molecule has 0 aliphatic carbocycles. The Morgan fingerprint density at radius 3 is 3.00 bits per heavy atom. The van der Waals surface area contributed by atoms with Gasteiger partial charge in [-0.05, 0) is 6.92 Å². The van der Waals surface area contributed by atoms with Crippen molar-refractivity contribution >= 4 is 0 Å². The van der Waals surface area contributed by atoms with Gasteiger partial charge in [0.1, 0.15) is 0 Å². The second-order valence-electron chi connectivity index (χ2n) is 1.13. The Hall–Kier alpha value is -0.340. The Labute approximate surface area is 44.6 Å². The summed E-state index contributed by atoms with van der Waals surface area (Å²) in [7, 11) is 0. The van der Waals surface area contributed by atoms with Crippen LogP contribution in [-0.4, -0.2) is 13.1 Å². The minimum absolute atomic E-state index is 0.772. The SMILES string of the molecule is C=CCN[N]CC. The van der Waals surface area contributed by atoms with Gasteiger partial charge in [-0.15, -0.1) is 6.58 Å². The van der Waals surface area contributed by atoms with Crippen LogP contribution in [0.4, 0.5) is 0 Å². The lowest BCUT2D eigenvalue weighted by Gasteiger charge is -1.93. The molecule has 1 N–H and O–H groups in total. The zero-order valence-corrected chi connectivity index (χ0v) is 4.65. The van der Waals surface area contributed by atoms with E-state index in [0.29, 0.717) is 0 Å². The monoisotopic (exact) mass is 99.1 g/mol. The molecule has 1 radical (unpaired) electrons. The predicted molar refractivity (Wildman–Crippen MR) is 30.9 cm³/mol. The fourth-order valence-corrected chi connectivity index (χ4v) is 0.241. The minimum atomic E-state index is 0.772. The molecule has 0 fully saturated rings. The maximum absolute atomic E-state index is 3.84. The smallest absolute Gasteiger partial charge is 0.0294 e. The highest BCUT2D eigenvalue weighted by Crippen LogP contribution is 1.55. The molecule has 0 amide bonds. The van der Waals surface area contributed by atoms with Crippen LogP contribution in [-0.2, 0) is 0 Å². The van der Waals surface area contributed by atoms with E-state index in [1.54, 1.807) is 6.08 Å². The highest BCUT2D eigenvalue weighted by Gasteiger charge is 1.73. The molecule has 2 nitrogen and oxygen atoms in total. The largest absolute Gasteiger partial charge is 0.236 e. The Kier molecular flexibility index (Phi) is 5.39. The van der Waals surface area contributed by atoms with Crippen molar-refractivity contribution in [1.82, 2.24) is 10.9 Å². The minimum Gasteiger partial charge on any atom is -0.236 e. The molecular formula is C5H11N2. The van der Waals surface area contributed by atoms with Gasteiger partial charge in [-0.25, -0.2) is 5.43 Å². The summed E-state index contributed by atoms with van der Waals surface area (Å²) in [6.45, 7) is 7.09. The normalized spacial score (nSPS) is 8.71. The number of rotatable bonds is 4. The quantitative estimate of drug-likeness (QED) is 0.306. The van der Waals surface area contributed by atoms with E-state index < -0.39 is 0 Å². The van der Waals surface area contributed by atoms with Crippen molar-refractivity contribution in [2.45, 2.75) is 6.92 Å². The number of hydrogen-bond acceptors (Lipinski definition) is 1. The van der Waals surface area contributed by atoms with E-state index in [0.717, 1.165) is 13.1 Å². The van der Waals surface area contributed by atoms with Crippen LogP contribution in [0.15, 0.2) is 12.7 Å². The van der Waals surface area contributed by atoms with Crippen molar-refractivity contribution in [3.63, 3.8) is 0 Å². The van der Waals surface area contributed by atoms with Gasteiger partial charge >= 0.3 is 0 Å². The first kappa shape index (κ1) is 6.66. The summed E-state index contributed by atoms with van der Waals surface area (Å²) in [6.07, 6.45) is 1.78. The summed E-state index contributed by atoms with van der Waals surface area (Å²) in [6, 6.07) is 0. The summed E-state index contributed by atoms with van der Waals surface area (Å²) >= 11 is 0. The maximum Gasteiger partial charge on any atom is 0.0294 e. The highest BCUT2D eigenvalue weighted by atomic mass is 15.3. The molecule has 0 rings (SSSR count). The summed E-state index contributed by atoms with van der Waals surface area (Å²) in [4.78, 5) is 0. The molecule has 0 saturated heterocycles. The predicted octanol–water partition coefficient (Wildman–Crippen LogP) is 0.301. The van der Waals surface area contributed by atoms with Crippen LogP contribution in [0.25, 0.3) is 0 Å². The molecule has 41 valence electrons. The number of hydrogen-bond donors (Lipinski definition) is 1. The van der Waals surface area contributed by atoms with Gasteiger partial charge in [0, 0.05) is 13.1 Å². The molecule has 0 aromatic heterocycles. The fraction of sp³-hybridized carbons (Fsp3) is 0.600. The zero-order chi connectivity index (χ0) is 5.54. The second kappa shape index (κ2) is 5.66. The van der Waals surface area contributed by atoms with E-state index in [-0.39, 0.29) is 0 Å². The van der Waals surface area contributed by atoms with Crippen LogP contribution in [0.3, 0.4) is 0 Å². The molecule has 0 aromatic rings. The number of nitrogens with zero attached hydrogens (tertiary/aromatic N) is 1. The van der Waals surface area contributed by atoms with Gasteiger partial charge in [0.05, 0.1) is 0 Å². The molecule has 0 aliphatic rings. The lowest BCUT2D eigenvalue weighted by molar-refractivity contribution is 0.576. The summed E-state index contributed by atoms with van der Waals surface area (Å²) in [5, 5.41) is 0. The van der Waals surface area contributed by atoms with E-state index in [1.165, 1.54) is 0 Å². The molecule has 7 heavy (non-hydrogen) atoms. The van der Waals surface area contributed by atoms with E-state index in [1.807, 2.05) is 6.92 Å². The van der Waals surface area contributed by atoms with Crippen molar-refractivity contribution in [2.24, 2.45) is 0 Å². The van der Waals surface area contributed by atoms with E-state index in [2.05, 4.69) is 17.4 Å². The molecule has 0 heterocycles. The van der Waals surface area contributed by atoms with Crippen LogP contribution in [0, 0.1) is 0 Å². The first-order valence-corrected chi connectivity index (χ1v) is 2.42. The average Bonchev–Trinajstić information content (AvgIpc) is 1.69. The van der Waals surface area contributed by atoms with Crippen LogP contribution in [0.5, 0.6) is 0 Å². The highest BCUT2D eigenvalue weighted by molar-refractivity contribution is 4.67. The summed E-state index contributed by atoms with van der Waals surface area (Å²) < 4.78 is 0. The third-order valence-corrected chi connectivity index (χ3v) is 0.506. The van der Waals surface area contributed by atoms with Gasteiger partial charge < -0.3 is 0 Å². The van der Waals surface area contributed by atoms with Gasteiger partial charge in [-0.2, -0.15) is 5.43 Å². The van der Waals surface area contributed by atoms with Crippen LogP contribution < -0.4 is 10.9 Å². The van der Waals surface area contributed by atoms with Gasteiger partial charge in [-0.1, -0.05) is 6.08 Å². The lowest BCUT2D eigenvalue weighted by atomic mass is 10.6. The zero-order valence-electron chi connectivity index (χ0n) is 4.65. The Bertz CT molecular complexity index is 43.3. The molecule has 2 heteroatoms. The van der Waals surface area contributed by atoms with Crippen LogP contribution >= 0.6 is 0 Å². The Morgan fingerprint density at radius 1 is 1.86 bits per heavy atom. The molecule has 0 saturated carbocycles. The molecular weight excluding hydrogens is 88.1 g/mol. The van der Waals surface area contributed by atoms with E-state index >= 15 is 0 Å². The molecule has 0 unspecified atom stereocenters. The lowest BCUT2D eigenvalue weighted by Crippen LogP contribution is -2.23. The van der Waals surface area contributed by atoms with E-state index in [9.17, 15) is 0 Å². The van der Waals surface area contributed by atoms with Gasteiger partial charge in [0.2, 0.25) is 0 Å². The number of nitrogens with one attached hydrogen (secondary N) is 1. The van der Waals surface area contributed by atoms with Gasteiger partial charge in [0.15, 0.2) is 0 Å². The van der Waals surface area contributed by atoms with Crippen LogP contribution in [0.2, 0.25) is 0 Å². The Balaban J connectivity index is 2.56. The first-order valence-electron chi connectivity index (χ1n) is 2.42. The molecule has 0 aromatic carbocycles. The molecule has 0 spiro atoms. The Morgan fingerprint density at radius 2 is 2.57 bits per heavy atom. The third kappa shape index (κ3) is 5.66.